The second kappa shape index (κ2) is 15.5. The standard InChI is InChI=1S/C39H42N4O5/c1-39(2,3)48-38(47)42-34(29-20-11-6-12-21-29)35(37(45)46)41-33(28-18-9-5-10-19-28)30-22-13-14-23-31(30)40-36(44)32-24-15-25-43(32)26-27-16-7-4-8-17-27/h4-14,16-23,32,34-35H,15,24-26H2,1-3H3,(H,40,44)(H,42,47)(H,45,46)/t32-,34+,35-/m0/s1. The summed E-state index contributed by atoms with van der Waals surface area (Å²) in [6.45, 7) is 6.70. The molecule has 4 aromatic carbocycles. The fraction of sp³-hybridized carbons (Fsp3) is 0.282. The summed E-state index contributed by atoms with van der Waals surface area (Å²) < 4.78 is 5.51. The molecule has 3 atom stereocenters. The number of hydrogen-bond acceptors (Lipinski definition) is 6. The smallest absolute Gasteiger partial charge is 0.408 e. The second-order valence-corrected chi connectivity index (χ2v) is 12.8. The van der Waals surface area contributed by atoms with Gasteiger partial charge >= 0.3 is 12.1 Å². The predicted molar refractivity (Wildman–Crippen MR) is 187 cm³/mol. The lowest BCUT2D eigenvalue weighted by atomic mass is 9.96. The molecule has 0 saturated carbocycles. The maximum absolute atomic E-state index is 13.8. The maximum atomic E-state index is 13.8. The van der Waals surface area contributed by atoms with Crippen LogP contribution in [-0.4, -0.2) is 57.9 Å². The van der Waals surface area contributed by atoms with E-state index in [9.17, 15) is 19.5 Å². The number of nitrogens with one attached hydrogen (secondary N) is 2. The molecule has 248 valence electrons. The van der Waals surface area contributed by atoms with E-state index >= 15 is 0 Å². The van der Waals surface area contributed by atoms with Crippen LogP contribution in [0.15, 0.2) is 120 Å². The molecule has 9 heteroatoms. The van der Waals surface area contributed by atoms with E-state index < -0.39 is 29.7 Å². The molecule has 0 bridgehead atoms. The lowest BCUT2D eigenvalue weighted by Gasteiger charge is -2.27. The third-order valence-corrected chi connectivity index (χ3v) is 8.05. The fourth-order valence-corrected chi connectivity index (χ4v) is 5.89. The number of para-hydroxylation sites is 1. The summed E-state index contributed by atoms with van der Waals surface area (Å²) in [6, 6.07) is 32.6. The Hall–Kier alpha value is -5.28. The maximum Gasteiger partial charge on any atom is 0.408 e. The molecule has 0 spiro atoms. The Bertz CT molecular complexity index is 1720. The monoisotopic (exact) mass is 646 g/mol. The van der Waals surface area contributed by atoms with Gasteiger partial charge in [0.2, 0.25) is 5.91 Å². The molecular weight excluding hydrogens is 604 g/mol. The molecule has 1 saturated heterocycles. The number of amides is 2. The quantitative estimate of drug-likeness (QED) is 0.153. The molecule has 0 aromatic heterocycles. The van der Waals surface area contributed by atoms with Crippen LogP contribution >= 0.6 is 0 Å². The van der Waals surface area contributed by atoms with Crippen molar-refractivity contribution in [2.24, 2.45) is 4.99 Å². The van der Waals surface area contributed by atoms with Crippen LogP contribution in [0, 0.1) is 0 Å². The Morgan fingerprint density at radius 1 is 0.875 bits per heavy atom. The molecule has 3 N–H and O–H groups in total. The largest absolute Gasteiger partial charge is 0.480 e. The Labute approximate surface area is 281 Å². The van der Waals surface area contributed by atoms with Crippen LogP contribution in [0.3, 0.4) is 0 Å². The number of carbonyl (C=O) groups excluding carboxylic acids is 2. The first-order chi connectivity index (χ1) is 23.1. The highest BCUT2D eigenvalue weighted by Gasteiger charge is 2.34. The topological polar surface area (TPSA) is 120 Å². The molecule has 0 unspecified atom stereocenters. The highest BCUT2D eigenvalue weighted by atomic mass is 16.6. The van der Waals surface area contributed by atoms with E-state index in [1.165, 1.54) is 0 Å². The molecule has 0 aliphatic carbocycles. The average molecular weight is 647 g/mol. The van der Waals surface area contributed by atoms with Crippen molar-refractivity contribution < 1.29 is 24.2 Å². The van der Waals surface area contributed by atoms with Gasteiger partial charge in [-0.3, -0.25) is 14.7 Å². The number of carboxylic acid groups (broad SMARTS) is 1. The molecular formula is C39H42N4O5. The van der Waals surface area contributed by atoms with Gasteiger partial charge in [-0.25, -0.2) is 9.59 Å². The van der Waals surface area contributed by atoms with Crippen LogP contribution in [0.25, 0.3) is 0 Å². The van der Waals surface area contributed by atoms with Crippen LogP contribution in [0.1, 0.15) is 61.9 Å². The Morgan fingerprint density at radius 3 is 2.12 bits per heavy atom. The van der Waals surface area contributed by atoms with Gasteiger partial charge in [0.1, 0.15) is 5.60 Å². The van der Waals surface area contributed by atoms with E-state index in [1.54, 1.807) is 51.1 Å². The van der Waals surface area contributed by atoms with Crippen LogP contribution in [0.5, 0.6) is 0 Å². The van der Waals surface area contributed by atoms with Crippen molar-refractivity contribution in [2.75, 3.05) is 11.9 Å². The van der Waals surface area contributed by atoms with Crippen LogP contribution in [0.4, 0.5) is 10.5 Å². The first kappa shape index (κ1) is 34.1. The molecule has 5 rings (SSSR count). The third kappa shape index (κ3) is 8.95. The SMILES string of the molecule is CC(C)(C)OC(=O)N[C@H](c1ccccc1)[C@H](N=C(c1ccccc1)c1ccccc1NC(=O)[C@@H]1CCCN1Cc1ccccc1)C(=O)O. The zero-order chi connectivity index (χ0) is 34.1. The van der Waals surface area contributed by atoms with Crippen molar-refractivity contribution in [3.63, 3.8) is 0 Å². The average Bonchev–Trinajstić information content (AvgIpc) is 3.53. The minimum absolute atomic E-state index is 0.133. The zero-order valence-electron chi connectivity index (χ0n) is 27.5. The summed E-state index contributed by atoms with van der Waals surface area (Å²) in [5, 5.41) is 16.5. The summed E-state index contributed by atoms with van der Waals surface area (Å²) in [5.74, 6) is -1.37. The number of benzene rings is 4. The number of aliphatic imine (C=N–C) groups is 1. The molecule has 1 aliphatic rings. The number of carboxylic acids is 1. The number of rotatable bonds is 11. The van der Waals surface area contributed by atoms with E-state index in [4.69, 9.17) is 9.73 Å². The van der Waals surface area contributed by atoms with Gasteiger partial charge in [0.05, 0.1) is 23.5 Å². The molecule has 1 aliphatic heterocycles. The molecule has 4 aromatic rings. The van der Waals surface area contributed by atoms with E-state index in [2.05, 4.69) is 27.7 Å². The number of alkyl carbamates (subject to hydrolysis) is 1. The summed E-state index contributed by atoms with van der Waals surface area (Å²) in [5.41, 5.74) is 2.98. The van der Waals surface area contributed by atoms with Crippen molar-refractivity contribution in [2.45, 2.75) is 63.9 Å². The van der Waals surface area contributed by atoms with Gasteiger partial charge in [-0.2, -0.15) is 0 Å². The number of likely N-dealkylation sites (tertiary alicyclic amines) is 1. The number of anilines is 1. The molecule has 9 nitrogen and oxygen atoms in total. The van der Waals surface area contributed by atoms with Crippen molar-refractivity contribution >= 4 is 29.4 Å². The first-order valence-electron chi connectivity index (χ1n) is 16.2. The van der Waals surface area contributed by atoms with Gasteiger partial charge in [0.25, 0.3) is 0 Å². The number of aliphatic carboxylic acids is 1. The number of nitrogens with zero attached hydrogens (tertiary/aromatic N) is 2. The van der Waals surface area contributed by atoms with Gasteiger partial charge in [-0.05, 0) is 57.4 Å². The van der Waals surface area contributed by atoms with Gasteiger partial charge in [0, 0.05) is 17.7 Å². The minimum atomic E-state index is -1.45. The van der Waals surface area contributed by atoms with Gasteiger partial charge < -0.3 is 20.5 Å². The van der Waals surface area contributed by atoms with Crippen LogP contribution in [0.2, 0.25) is 0 Å². The Balaban J connectivity index is 1.52. The first-order valence-corrected chi connectivity index (χ1v) is 16.2. The van der Waals surface area contributed by atoms with E-state index in [0.717, 1.165) is 24.9 Å². The van der Waals surface area contributed by atoms with Gasteiger partial charge in [0.15, 0.2) is 6.04 Å². The molecule has 1 heterocycles. The summed E-state index contributed by atoms with van der Waals surface area (Å²) in [7, 11) is 0. The summed E-state index contributed by atoms with van der Waals surface area (Å²) >= 11 is 0. The molecule has 1 fully saturated rings. The number of ether oxygens (including phenoxy) is 1. The van der Waals surface area contributed by atoms with Crippen molar-refractivity contribution in [3.8, 4) is 0 Å². The van der Waals surface area contributed by atoms with Gasteiger partial charge in [-0.15, -0.1) is 0 Å². The lowest BCUT2D eigenvalue weighted by molar-refractivity contribution is -0.139. The highest BCUT2D eigenvalue weighted by molar-refractivity contribution is 6.17. The molecule has 0 radical (unpaired) electrons. The van der Waals surface area contributed by atoms with Crippen molar-refractivity contribution in [1.82, 2.24) is 10.2 Å². The molecule has 2 amide bonds. The van der Waals surface area contributed by atoms with Gasteiger partial charge in [-0.1, -0.05) is 109 Å². The zero-order valence-corrected chi connectivity index (χ0v) is 27.5. The lowest BCUT2D eigenvalue weighted by Crippen LogP contribution is -2.42. The van der Waals surface area contributed by atoms with Crippen LogP contribution < -0.4 is 10.6 Å². The third-order valence-electron chi connectivity index (χ3n) is 8.05. The Morgan fingerprint density at radius 2 is 1.48 bits per heavy atom. The van der Waals surface area contributed by atoms with Crippen molar-refractivity contribution in [1.29, 1.82) is 0 Å². The predicted octanol–water partition coefficient (Wildman–Crippen LogP) is 6.85. The fourth-order valence-electron chi connectivity index (χ4n) is 5.89. The van der Waals surface area contributed by atoms with E-state index in [0.29, 0.717) is 34.6 Å². The van der Waals surface area contributed by atoms with E-state index in [1.807, 2.05) is 72.8 Å². The second-order valence-electron chi connectivity index (χ2n) is 12.8. The summed E-state index contributed by atoms with van der Waals surface area (Å²) in [4.78, 5) is 46.9. The highest BCUT2D eigenvalue weighted by Crippen LogP contribution is 2.28. The normalized spacial score (nSPS) is 16.5. The number of carbonyl (C=O) groups is 3. The number of hydrogen-bond donors (Lipinski definition) is 3. The molecule has 48 heavy (non-hydrogen) atoms. The summed E-state index contributed by atoms with van der Waals surface area (Å²) in [6.07, 6.45) is 0.884. The Kier molecular flexibility index (Phi) is 11.0. The van der Waals surface area contributed by atoms with Crippen molar-refractivity contribution in [3.05, 3.63) is 138 Å². The van der Waals surface area contributed by atoms with E-state index in [-0.39, 0.29) is 11.9 Å². The minimum Gasteiger partial charge on any atom is -0.480 e. The van der Waals surface area contributed by atoms with Crippen LogP contribution in [-0.2, 0) is 20.9 Å².